The maximum Gasteiger partial charge on any atom is 0.410 e. The van der Waals surface area contributed by atoms with E-state index in [0.717, 1.165) is 31.5 Å². The lowest BCUT2D eigenvalue weighted by Gasteiger charge is -2.28. The summed E-state index contributed by atoms with van der Waals surface area (Å²) in [6.07, 6.45) is 4.19. The average molecular weight is 534 g/mol. The van der Waals surface area contributed by atoms with Gasteiger partial charge in [-0.1, -0.05) is 30.3 Å². The van der Waals surface area contributed by atoms with Crippen molar-refractivity contribution in [1.82, 2.24) is 20.5 Å². The van der Waals surface area contributed by atoms with Crippen LogP contribution in [0.1, 0.15) is 41.6 Å². The molecular weight excluding hydrogens is 502 g/mol. The summed E-state index contributed by atoms with van der Waals surface area (Å²) >= 11 is 1.34. The quantitative estimate of drug-likeness (QED) is 0.474. The molecule has 2 aromatic carbocycles. The average Bonchev–Trinajstić information content (AvgIpc) is 3.66. The Hall–Kier alpha value is -3.76. The van der Waals surface area contributed by atoms with Gasteiger partial charge in [0, 0.05) is 29.7 Å². The maximum absolute atomic E-state index is 13.9. The van der Waals surface area contributed by atoms with Crippen LogP contribution < -0.4 is 15.5 Å². The molecule has 2 N–H and O–H groups in total. The van der Waals surface area contributed by atoms with Crippen LogP contribution in [-0.4, -0.2) is 59.5 Å². The number of nitrogens with one attached hydrogen (secondary N) is 2. The summed E-state index contributed by atoms with van der Waals surface area (Å²) in [4.78, 5) is 47.0. The normalized spacial score (nSPS) is 17.7. The second-order valence-corrected chi connectivity index (χ2v) is 10.3. The molecule has 9 nitrogen and oxygen atoms in total. The number of likely N-dealkylation sites (tertiary alicyclic amines) is 1. The number of anilines is 2. The van der Waals surface area contributed by atoms with Crippen LogP contribution in [0.3, 0.4) is 0 Å². The Morgan fingerprint density at radius 1 is 1.05 bits per heavy atom. The molecule has 2 saturated heterocycles. The van der Waals surface area contributed by atoms with Gasteiger partial charge in [0.25, 0.3) is 11.8 Å². The fourth-order valence-electron chi connectivity index (χ4n) is 4.85. The van der Waals surface area contributed by atoms with Gasteiger partial charge in [-0.2, -0.15) is 0 Å². The van der Waals surface area contributed by atoms with Crippen LogP contribution in [0.15, 0.2) is 66.2 Å². The van der Waals surface area contributed by atoms with Gasteiger partial charge in [-0.25, -0.2) is 9.78 Å². The van der Waals surface area contributed by atoms with Crippen LogP contribution >= 0.6 is 11.3 Å². The van der Waals surface area contributed by atoms with Gasteiger partial charge in [0.1, 0.15) is 12.6 Å². The molecule has 3 aromatic rings. The molecule has 5 rings (SSSR count). The Labute approximate surface area is 225 Å². The van der Waals surface area contributed by atoms with E-state index in [1.54, 1.807) is 35.8 Å². The van der Waals surface area contributed by atoms with Gasteiger partial charge in [0.05, 0.1) is 5.69 Å². The first-order valence-corrected chi connectivity index (χ1v) is 13.8. The largest absolute Gasteiger partial charge is 0.445 e. The van der Waals surface area contributed by atoms with E-state index in [1.165, 1.54) is 21.1 Å². The monoisotopic (exact) mass is 533 g/mol. The summed E-state index contributed by atoms with van der Waals surface area (Å²) in [7, 11) is 0. The fourth-order valence-corrected chi connectivity index (χ4v) is 5.51. The predicted octanol–water partition coefficient (Wildman–Crippen LogP) is 4.09. The third kappa shape index (κ3) is 6.03. The standard InChI is InChI=1S/C28H31N5O4S/c34-25(31-22-12-14-29-15-13-22)21-8-10-23(11-9-21)33(27-30-16-18-38-27)26(35)24-7-4-17-32(24)28(36)37-19-20-5-2-1-3-6-20/h1-3,5-6,8-11,16,18,22,24,29H,4,7,12-15,17,19H2,(H,31,34). The first-order valence-electron chi connectivity index (χ1n) is 12.9. The molecule has 0 bridgehead atoms. The Morgan fingerprint density at radius 2 is 1.82 bits per heavy atom. The van der Waals surface area contributed by atoms with E-state index in [0.29, 0.717) is 35.8 Å². The maximum atomic E-state index is 13.9. The fraction of sp³-hybridized carbons (Fsp3) is 0.357. The Balaban J connectivity index is 1.30. The van der Waals surface area contributed by atoms with Gasteiger partial charge >= 0.3 is 6.09 Å². The summed E-state index contributed by atoms with van der Waals surface area (Å²) in [5, 5.41) is 8.69. The summed E-state index contributed by atoms with van der Waals surface area (Å²) < 4.78 is 5.53. The molecule has 2 aliphatic heterocycles. The zero-order valence-electron chi connectivity index (χ0n) is 21.0. The number of hydrogen-bond donors (Lipinski definition) is 2. The summed E-state index contributed by atoms with van der Waals surface area (Å²) in [6.45, 7) is 2.39. The molecule has 38 heavy (non-hydrogen) atoms. The molecule has 0 saturated carbocycles. The van der Waals surface area contributed by atoms with E-state index in [1.807, 2.05) is 30.3 Å². The number of benzene rings is 2. The number of carbonyl (C=O) groups is 3. The van der Waals surface area contributed by atoms with Gasteiger partial charge in [0.2, 0.25) is 0 Å². The molecule has 10 heteroatoms. The van der Waals surface area contributed by atoms with Crippen molar-refractivity contribution in [3.8, 4) is 0 Å². The Bertz CT molecular complexity index is 1230. The molecule has 1 aromatic heterocycles. The topological polar surface area (TPSA) is 104 Å². The van der Waals surface area contributed by atoms with Crippen LogP contribution in [0, 0.1) is 0 Å². The number of piperidine rings is 1. The van der Waals surface area contributed by atoms with Crippen molar-refractivity contribution in [2.75, 3.05) is 24.5 Å². The van der Waals surface area contributed by atoms with Gasteiger partial charge < -0.3 is 15.4 Å². The number of amides is 3. The lowest BCUT2D eigenvalue weighted by molar-refractivity contribution is -0.121. The molecule has 2 fully saturated rings. The molecule has 1 unspecified atom stereocenters. The third-order valence-electron chi connectivity index (χ3n) is 6.87. The highest BCUT2D eigenvalue weighted by Crippen LogP contribution is 2.32. The lowest BCUT2D eigenvalue weighted by atomic mass is 10.1. The molecular formula is C28H31N5O4S. The van der Waals surface area contributed by atoms with Gasteiger partial charge in [-0.05, 0) is 68.6 Å². The van der Waals surface area contributed by atoms with Crippen LogP contribution in [0.25, 0.3) is 0 Å². The van der Waals surface area contributed by atoms with Crippen LogP contribution in [0.2, 0.25) is 0 Å². The van der Waals surface area contributed by atoms with Gasteiger partial charge in [-0.3, -0.25) is 19.4 Å². The summed E-state index contributed by atoms with van der Waals surface area (Å²) in [5.74, 6) is -0.375. The third-order valence-corrected chi connectivity index (χ3v) is 7.63. The Kier molecular flexibility index (Phi) is 8.30. The number of rotatable bonds is 7. The second-order valence-electron chi connectivity index (χ2n) is 9.42. The molecule has 0 spiro atoms. The Morgan fingerprint density at radius 3 is 2.53 bits per heavy atom. The van der Waals surface area contributed by atoms with E-state index < -0.39 is 12.1 Å². The SMILES string of the molecule is O=C(NC1CCNCC1)c1ccc(N(C(=O)C2CCCN2C(=O)OCc2ccccc2)c2nccs2)cc1. The van der Waals surface area contributed by atoms with E-state index >= 15 is 0 Å². The van der Waals surface area contributed by atoms with Crippen molar-refractivity contribution in [3.05, 3.63) is 77.3 Å². The number of hydrogen-bond acceptors (Lipinski definition) is 7. The minimum atomic E-state index is -0.662. The smallest absolute Gasteiger partial charge is 0.410 e. The van der Waals surface area contributed by atoms with E-state index in [9.17, 15) is 14.4 Å². The molecule has 3 amide bonds. The van der Waals surface area contributed by atoms with Gasteiger partial charge in [-0.15, -0.1) is 11.3 Å². The highest BCUT2D eigenvalue weighted by atomic mass is 32.1. The van der Waals surface area contributed by atoms with Crippen molar-refractivity contribution < 1.29 is 19.1 Å². The highest BCUT2D eigenvalue weighted by Gasteiger charge is 2.39. The zero-order valence-corrected chi connectivity index (χ0v) is 21.9. The van der Waals surface area contributed by atoms with Crippen molar-refractivity contribution >= 4 is 40.1 Å². The highest BCUT2D eigenvalue weighted by molar-refractivity contribution is 7.13. The minimum Gasteiger partial charge on any atom is -0.445 e. The van der Waals surface area contributed by atoms with E-state index in [-0.39, 0.29) is 24.5 Å². The van der Waals surface area contributed by atoms with Crippen molar-refractivity contribution in [2.24, 2.45) is 0 Å². The lowest BCUT2D eigenvalue weighted by Crippen LogP contribution is -2.46. The van der Waals surface area contributed by atoms with Crippen LogP contribution in [-0.2, 0) is 16.1 Å². The van der Waals surface area contributed by atoms with Crippen LogP contribution in [0.5, 0.6) is 0 Å². The number of aromatic nitrogens is 1. The van der Waals surface area contributed by atoms with Crippen molar-refractivity contribution in [2.45, 2.75) is 44.4 Å². The summed E-state index contributed by atoms with van der Waals surface area (Å²) in [6, 6.07) is 15.9. The number of nitrogens with zero attached hydrogens (tertiary/aromatic N) is 3. The van der Waals surface area contributed by atoms with Crippen molar-refractivity contribution in [3.63, 3.8) is 0 Å². The zero-order chi connectivity index (χ0) is 26.3. The molecule has 198 valence electrons. The molecule has 1 atom stereocenters. The second kappa shape index (κ2) is 12.2. The first kappa shape index (κ1) is 25.9. The summed E-state index contributed by atoms with van der Waals surface area (Å²) in [5.41, 5.74) is 2.01. The van der Waals surface area contributed by atoms with Crippen molar-refractivity contribution in [1.29, 1.82) is 0 Å². The molecule has 0 aliphatic carbocycles. The predicted molar refractivity (Wildman–Crippen MR) is 145 cm³/mol. The number of carbonyl (C=O) groups excluding carboxylic acids is 3. The van der Waals surface area contributed by atoms with Crippen LogP contribution in [0.4, 0.5) is 15.6 Å². The van der Waals surface area contributed by atoms with E-state index in [4.69, 9.17) is 4.74 Å². The van der Waals surface area contributed by atoms with Gasteiger partial charge in [0.15, 0.2) is 5.13 Å². The first-order chi connectivity index (χ1) is 18.6. The minimum absolute atomic E-state index is 0.126. The van der Waals surface area contributed by atoms with E-state index in [2.05, 4.69) is 15.6 Å². The molecule has 3 heterocycles. The molecule has 0 radical (unpaired) electrons. The number of ether oxygens (including phenoxy) is 1. The molecule has 2 aliphatic rings. The number of thiazole rings is 1.